The van der Waals surface area contributed by atoms with Crippen LogP contribution in [0.25, 0.3) is 10.2 Å². The zero-order valence-electron chi connectivity index (χ0n) is 12.5. The first-order valence-electron chi connectivity index (χ1n) is 6.98. The molecular weight excluding hydrogens is 368 g/mol. The first-order valence-corrected chi connectivity index (χ1v) is 8.59. The number of hydrogen-bond donors (Lipinski definition) is 0. The van der Waals surface area contributed by atoms with Crippen LogP contribution in [0.2, 0.25) is 0 Å². The molecule has 5 nitrogen and oxygen atoms in total. The number of ether oxygens (including phenoxy) is 1. The summed E-state index contributed by atoms with van der Waals surface area (Å²) in [7, 11) is 1.34. The van der Waals surface area contributed by atoms with Gasteiger partial charge in [0.2, 0.25) is 5.91 Å². The summed E-state index contributed by atoms with van der Waals surface area (Å²) in [6.45, 7) is 2.07. The number of rotatable bonds is 5. The Labute approximate surface area is 140 Å². The fourth-order valence-electron chi connectivity index (χ4n) is 1.97. The molecule has 1 aromatic heterocycles. The summed E-state index contributed by atoms with van der Waals surface area (Å²) in [5.74, 6) is -0.531. The number of aromatic nitrogens is 1. The van der Waals surface area contributed by atoms with Crippen LogP contribution in [0.1, 0.15) is 26.2 Å². The van der Waals surface area contributed by atoms with Crippen LogP contribution in [0.4, 0.5) is 0 Å². The molecule has 1 amide bonds. The lowest BCUT2D eigenvalue weighted by Gasteiger charge is -2.03. The van der Waals surface area contributed by atoms with Gasteiger partial charge in [0, 0.05) is 10.9 Å². The van der Waals surface area contributed by atoms with Crippen LogP contribution in [0.3, 0.4) is 0 Å². The van der Waals surface area contributed by atoms with E-state index in [0.717, 1.165) is 27.5 Å². The van der Waals surface area contributed by atoms with Crippen molar-refractivity contribution in [2.24, 2.45) is 4.99 Å². The van der Waals surface area contributed by atoms with Gasteiger partial charge in [0.25, 0.3) is 0 Å². The number of benzene rings is 1. The van der Waals surface area contributed by atoms with E-state index in [1.807, 2.05) is 25.1 Å². The molecule has 0 N–H and O–H groups in total. The Kier molecular flexibility index (Phi) is 5.90. The maximum Gasteiger partial charge on any atom is 0.325 e. The van der Waals surface area contributed by atoms with E-state index in [2.05, 4.69) is 20.9 Å². The van der Waals surface area contributed by atoms with Crippen LogP contribution >= 0.6 is 27.3 Å². The molecule has 0 saturated heterocycles. The number of hydrogen-bond acceptors (Lipinski definition) is 4. The number of esters is 1. The molecule has 0 aliphatic rings. The van der Waals surface area contributed by atoms with Gasteiger partial charge in [-0.25, -0.2) is 0 Å². The van der Waals surface area contributed by atoms with Crippen molar-refractivity contribution in [2.75, 3.05) is 7.11 Å². The highest BCUT2D eigenvalue weighted by Gasteiger charge is 2.12. The molecule has 2 aromatic rings. The van der Waals surface area contributed by atoms with Gasteiger partial charge < -0.3 is 9.30 Å². The molecule has 0 atom stereocenters. The van der Waals surface area contributed by atoms with Crippen molar-refractivity contribution in [1.29, 1.82) is 0 Å². The third kappa shape index (κ3) is 4.04. The summed E-state index contributed by atoms with van der Waals surface area (Å²) in [5.41, 5.74) is 0.862. The summed E-state index contributed by atoms with van der Waals surface area (Å²) in [6.07, 6.45) is 2.19. The third-order valence-electron chi connectivity index (χ3n) is 3.12. The maximum absolute atomic E-state index is 11.9. The van der Waals surface area contributed by atoms with Gasteiger partial charge in [0.05, 0.1) is 17.3 Å². The number of methoxy groups -OCH3 is 1. The average molecular weight is 385 g/mol. The number of thiazole rings is 1. The van der Waals surface area contributed by atoms with Gasteiger partial charge in [-0.3, -0.25) is 9.59 Å². The molecule has 1 heterocycles. The Morgan fingerprint density at radius 2 is 2.18 bits per heavy atom. The minimum absolute atomic E-state index is 0.0397. The summed E-state index contributed by atoms with van der Waals surface area (Å²) in [4.78, 5) is 28.2. The number of fused-ring (bicyclic) bond motifs is 1. The maximum atomic E-state index is 11.9. The first kappa shape index (κ1) is 16.9. The topological polar surface area (TPSA) is 60.7 Å². The Bertz CT molecular complexity index is 764. The molecule has 0 aliphatic heterocycles. The molecule has 0 spiro atoms. The second kappa shape index (κ2) is 7.69. The van der Waals surface area contributed by atoms with Crippen LogP contribution < -0.4 is 4.80 Å². The van der Waals surface area contributed by atoms with Gasteiger partial charge in [0.15, 0.2) is 4.80 Å². The molecule has 0 fully saturated rings. The van der Waals surface area contributed by atoms with Gasteiger partial charge >= 0.3 is 5.97 Å². The first-order chi connectivity index (χ1) is 10.5. The molecule has 1 aromatic carbocycles. The number of carbonyl (C=O) groups is 2. The lowest BCUT2D eigenvalue weighted by Crippen LogP contribution is -2.22. The number of carbonyl (C=O) groups excluding carboxylic acids is 2. The Morgan fingerprint density at radius 3 is 2.86 bits per heavy atom. The number of nitrogens with zero attached hydrogens (tertiary/aromatic N) is 2. The molecule has 0 unspecified atom stereocenters. The fourth-order valence-corrected chi connectivity index (χ4v) is 3.57. The largest absolute Gasteiger partial charge is 0.468 e. The standard InChI is InChI=1S/C15H17BrN2O3S/c1-3-4-5-13(19)17-15-18(9-14(20)21-2)11-7-6-10(16)8-12(11)22-15/h6-8H,3-5,9H2,1-2H3. The van der Waals surface area contributed by atoms with Gasteiger partial charge in [-0.1, -0.05) is 40.6 Å². The normalized spacial score (nSPS) is 11.9. The van der Waals surface area contributed by atoms with Crippen LogP contribution in [0, 0.1) is 0 Å². The minimum Gasteiger partial charge on any atom is -0.468 e. The Hall–Kier alpha value is -1.47. The molecule has 22 heavy (non-hydrogen) atoms. The van der Waals surface area contributed by atoms with E-state index in [1.54, 1.807) is 4.57 Å². The van der Waals surface area contributed by atoms with Gasteiger partial charge in [-0.05, 0) is 24.6 Å². The monoisotopic (exact) mass is 384 g/mol. The molecular formula is C15H17BrN2O3S. The highest BCUT2D eigenvalue weighted by molar-refractivity contribution is 9.10. The third-order valence-corrected chi connectivity index (χ3v) is 4.66. The van der Waals surface area contributed by atoms with E-state index in [1.165, 1.54) is 18.4 Å². The summed E-state index contributed by atoms with van der Waals surface area (Å²) >= 11 is 4.81. The number of unbranched alkanes of at least 4 members (excludes halogenated alkanes) is 1. The predicted octanol–water partition coefficient (Wildman–Crippen LogP) is 3.26. The van der Waals surface area contributed by atoms with E-state index < -0.39 is 0 Å². The number of halogens is 1. The van der Waals surface area contributed by atoms with E-state index in [4.69, 9.17) is 4.74 Å². The Balaban J connectivity index is 2.51. The van der Waals surface area contributed by atoms with E-state index in [0.29, 0.717) is 11.2 Å². The lowest BCUT2D eigenvalue weighted by atomic mass is 10.2. The van der Waals surface area contributed by atoms with Crippen LogP contribution in [-0.2, 0) is 20.9 Å². The molecule has 0 saturated carbocycles. The van der Waals surface area contributed by atoms with Crippen molar-refractivity contribution >= 4 is 49.4 Å². The van der Waals surface area contributed by atoms with E-state index in [-0.39, 0.29) is 18.4 Å². The van der Waals surface area contributed by atoms with Gasteiger partial charge in [-0.2, -0.15) is 4.99 Å². The zero-order valence-corrected chi connectivity index (χ0v) is 14.9. The zero-order chi connectivity index (χ0) is 16.1. The molecule has 0 radical (unpaired) electrons. The minimum atomic E-state index is -0.370. The highest BCUT2D eigenvalue weighted by Crippen LogP contribution is 2.22. The van der Waals surface area contributed by atoms with Crippen LogP contribution in [0.15, 0.2) is 27.7 Å². The SMILES string of the molecule is CCCCC(=O)N=c1sc2cc(Br)ccc2n1CC(=O)OC. The second-order valence-electron chi connectivity index (χ2n) is 4.77. The second-order valence-corrected chi connectivity index (χ2v) is 6.69. The van der Waals surface area contributed by atoms with Crippen molar-refractivity contribution in [2.45, 2.75) is 32.7 Å². The summed E-state index contributed by atoms with van der Waals surface area (Å²) in [6, 6.07) is 5.74. The van der Waals surface area contributed by atoms with Crippen LogP contribution in [-0.4, -0.2) is 23.6 Å². The molecule has 0 bridgehead atoms. The van der Waals surface area contributed by atoms with E-state index >= 15 is 0 Å². The fraction of sp³-hybridized carbons (Fsp3) is 0.400. The van der Waals surface area contributed by atoms with Crippen molar-refractivity contribution < 1.29 is 14.3 Å². The van der Waals surface area contributed by atoms with Crippen LogP contribution in [0.5, 0.6) is 0 Å². The van der Waals surface area contributed by atoms with Crippen molar-refractivity contribution in [3.8, 4) is 0 Å². The average Bonchev–Trinajstić information content (AvgIpc) is 2.81. The molecule has 118 valence electrons. The molecule has 0 aliphatic carbocycles. The summed E-state index contributed by atoms with van der Waals surface area (Å²) in [5, 5.41) is 0. The predicted molar refractivity (Wildman–Crippen MR) is 89.6 cm³/mol. The number of amides is 1. The molecule has 7 heteroatoms. The van der Waals surface area contributed by atoms with Crippen molar-refractivity contribution in [3.05, 3.63) is 27.5 Å². The quantitative estimate of drug-likeness (QED) is 0.743. The Morgan fingerprint density at radius 1 is 1.41 bits per heavy atom. The lowest BCUT2D eigenvalue weighted by molar-refractivity contribution is -0.141. The van der Waals surface area contributed by atoms with E-state index in [9.17, 15) is 9.59 Å². The summed E-state index contributed by atoms with van der Waals surface area (Å²) < 4.78 is 8.35. The highest BCUT2D eigenvalue weighted by atomic mass is 79.9. The van der Waals surface area contributed by atoms with Crippen molar-refractivity contribution in [1.82, 2.24) is 4.57 Å². The smallest absolute Gasteiger partial charge is 0.325 e. The van der Waals surface area contributed by atoms with Gasteiger partial charge in [0.1, 0.15) is 6.54 Å². The molecule has 2 rings (SSSR count). The van der Waals surface area contributed by atoms with Gasteiger partial charge in [-0.15, -0.1) is 0 Å². The van der Waals surface area contributed by atoms with Crippen molar-refractivity contribution in [3.63, 3.8) is 0 Å².